The predicted octanol–water partition coefficient (Wildman–Crippen LogP) is 0.221. The number of nitrogens with two attached hydrogens (primary N) is 1. The molecule has 1 aromatic carbocycles. The molecule has 0 radical (unpaired) electrons. The van der Waals surface area contributed by atoms with Crippen LogP contribution in [0.3, 0.4) is 0 Å². The molecule has 1 aromatic rings. The van der Waals surface area contributed by atoms with Crippen molar-refractivity contribution in [3.05, 3.63) is 23.8 Å². The third kappa shape index (κ3) is 2.84. The van der Waals surface area contributed by atoms with E-state index in [-0.39, 0.29) is 23.4 Å². The summed E-state index contributed by atoms with van der Waals surface area (Å²) >= 11 is 0. The summed E-state index contributed by atoms with van der Waals surface area (Å²) in [7, 11) is -3.61. The van der Waals surface area contributed by atoms with E-state index in [2.05, 4.69) is 4.72 Å². The van der Waals surface area contributed by atoms with Crippen LogP contribution in [0.1, 0.15) is 19.4 Å². The maximum Gasteiger partial charge on any atom is 0.240 e. The highest BCUT2D eigenvalue weighted by molar-refractivity contribution is 7.89. The highest BCUT2D eigenvalue weighted by atomic mass is 32.2. The summed E-state index contributed by atoms with van der Waals surface area (Å²) in [4.78, 5) is 13.3. The van der Waals surface area contributed by atoms with Crippen LogP contribution in [-0.2, 0) is 21.2 Å². The quantitative estimate of drug-likeness (QED) is 0.831. The molecule has 0 saturated heterocycles. The van der Waals surface area contributed by atoms with Crippen molar-refractivity contribution in [1.29, 1.82) is 0 Å². The molecule has 1 unspecified atom stereocenters. The lowest BCUT2D eigenvalue weighted by atomic mass is 10.2. The van der Waals surface area contributed by atoms with Crippen molar-refractivity contribution < 1.29 is 13.2 Å². The lowest BCUT2D eigenvalue weighted by Gasteiger charge is -2.17. The third-order valence-electron chi connectivity index (χ3n) is 3.35. The van der Waals surface area contributed by atoms with E-state index in [0.717, 1.165) is 12.0 Å². The third-order valence-corrected chi connectivity index (χ3v) is 4.94. The van der Waals surface area contributed by atoms with Crippen molar-refractivity contribution in [3.63, 3.8) is 0 Å². The summed E-state index contributed by atoms with van der Waals surface area (Å²) in [6.07, 6.45) is 0.752. The van der Waals surface area contributed by atoms with Gasteiger partial charge in [0, 0.05) is 31.7 Å². The van der Waals surface area contributed by atoms with Gasteiger partial charge in [-0.3, -0.25) is 4.79 Å². The molecule has 0 bridgehead atoms. The number of fused-ring (bicyclic) bond motifs is 1. The van der Waals surface area contributed by atoms with Crippen LogP contribution in [0.5, 0.6) is 0 Å². The number of carbonyl (C=O) groups excluding carboxylic acids is 1. The van der Waals surface area contributed by atoms with E-state index in [1.807, 2.05) is 0 Å². The molecule has 20 heavy (non-hydrogen) atoms. The topological polar surface area (TPSA) is 92.5 Å². The zero-order valence-electron chi connectivity index (χ0n) is 11.6. The minimum Gasteiger partial charge on any atom is -0.329 e. The Hall–Kier alpha value is -1.44. The van der Waals surface area contributed by atoms with Gasteiger partial charge >= 0.3 is 0 Å². The Bertz CT molecular complexity index is 628. The Morgan fingerprint density at radius 1 is 1.50 bits per heavy atom. The van der Waals surface area contributed by atoms with Gasteiger partial charge in [0.25, 0.3) is 0 Å². The fraction of sp³-hybridized carbons (Fsp3) is 0.462. The molecule has 2 rings (SSSR count). The minimum atomic E-state index is -3.61. The van der Waals surface area contributed by atoms with Gasteiger partial charge in [-0.15, -0.1) is 0 Å². The van der Waals surface area contributed by atoms with Gasteiger partial charge in [0.1, 0.15) is 0 Å². The Morgan fingerprint density at radius 2 is 2.20 bits per heavy atom. The van der Waals surface area contributed by atoms with E-state index in [1.54, 1.807) is 30.0 Å². The monoisotopic (exact) mass is 297 g/mol. The summed E-state index contributed by atoms with van der Waals surface area (Å²) in [5.74, 6) is -0.0819. The van der Waals surface area contributed by atoms with Gasteiger partial charge in [-0.05, 0) is 31.0 Å². The molecule has 0 aliphatic carbocycles. The molecular weight excluding hydrogens is 278 g/mol. The standard InChI is InChI=1S/C13H19N3O3S/c1-9(8-14)15-20(18,19)12-4-3-11-5-6-16(10(2)17)13(11)7-12/h3-4,7,9,15H,5-6,8,14H2,1-2H3. The number of nitrogens with one attached hydrogen (secondary N) is 1. The Balaban J connectivity index is 2.36. The van der Waals surface area contributed by atoms with Crippen LogP contribution >= 0.6 is 0 Å². The molecular formula is C13H19N3O3S. The zero-order valence-corrected chi connectivity index (χ0v) is 12.4. The second-order valence-corrected chi connectivity index (χ2v) is 6.68. The van der Waals surface area contributed by atoms with E-state index in [0.29, 0.717) is 12.2 Å². The number of amides is 1. The smallest absolute Gasteiger partial charge is 0.240 e. The van der Waals surface area contributed by atoms with Crippen molar-refractivity contribution in [1.82, 2.24) is 4.72 Å². The number of anilines is 1. The highest BCUT2D eigenvalue weighted by Crippen LogP contribution is 2.30. The van der Waals surface area contributed by atoms with Gasteiger partial charge in [0.15, 0.2) is 0 Å². The lowest BCUT2D eigenvalue weighted by Crippen LogP contribution is -2.37. The summed E-state index contributed by atoms with van der Waals surface area (Å²) < 4.78 is 26.9. The molecule has 1 heterocycles. The summed E-state index contributed by atoms with van der Waals surface area (Å²) in [6.45, 7) is 4.00. The second kappa shape index (κ2) is 5.51. The van der Waals surface area contributed by atoms with Crippen LogP contribution in [0, 0.1) is 0 Å². The Kier molecular flexibility index (Phi) is 4.12. The molecule has 0 fully saturated rings. The van der Waals surface area contributed by atoms with E-state index >= 15 is 0 Å². The molecule has 1 atom stereocenters. The fourth-order valence-corrected chi connectivity index (χ4v) is 3.51. The number of nitrogens with zero attached hydrogens (tertiary/aromatic N) is 1. The number of sulfonamides is 1. The first kappa shape index (κ1) is 15.0. The molecule has 0 spiro atoms. The molecule has 0 aromatic heterocycles. The van der Waals surface area contributed by atoms with Gasteiger partial charge in [-0.1, -0.05) is 6.07 Å². The van der Waals surface area contributed by atoms with E-state index in [4.69, 9.17) is 5.73 Å². The minimum absolute atomic E-state index is 0.0819. The van der Waals surface area contributed by atoms with Gasteiger partial charge < -0.3 is 10.6 Å². The van der Waals surface area contributed by atoms with Crippen molar-refractivity contribution >= 4 is 21.6 Å². The lowest BCUT2D eigenvalue weighted by molar-refractivity contribution is -0.116. The van der Waals surface area contributed by atoms with Gasteiger partial charge in [-0.25, -0.2) is 13.1 Å². The van der Waals surface area contributed by atoms with Crippen LogP contribution < -0.4 is 15.4 Å². The first-order valence-corrected chi connectivity index (χ1v) is 7.97. The average molecular weight is 297 g/mol. The van der Waals surface area contributed by atoms with E-state index in [9.17, 15) is 13.2 Å². The number of hydrogen-bond acceptors (Lipinski definition) is 4. The normalized spacial score (nSPS) is 16.1. The predicted molar refractivity (Wildman–Crippen MR) is 77.0 cm³/mol. The number of carbonyl (C=O) groups is 1. The molecule has 1 aliphatic rings. The van der Waals surface area contributed by atoms with Gasteiger partial charge in [-0.2, -0.15) is 0 Å². The van der Waals surface area contributed by atoms with Crippen molar-refractivity contribution in [2.45, 2.75) is 31.2 Å². The molecule has 1 amide bonds. The molecule has 7 heteroatoms. The summed E-state index contributed by atoms with van der Waals surface area (Å²) in [6, 6.07) is 4.54. The number of rotatable bonds is 4. The first-order valence-electron chi connectivity index (χ1n) is 6.48. The van der Waals surface area contributed by atoms with Gasteiger partial charge in [0.2, 0.25) is 15.9 Å². The van der Waals surface area contributed by atoms with Crippen LogP contribution in [0.2, 0.25) is 0 Å². The van der Waals surface area contributed by atoms with Crippen LogP contribution in [-0.4, -0.2) is 33.5 Å². The zero-order chi connectivity index (χ0) is 14.9. The average Bonchev–Trinajstić information content (AvgIpc) is 2.80. The molecule has 0 saturated carbocycles. The van der Waals surface area contributed by atoms with Gasteiger partial charge in [0.05, 0.1) is 4.90 Å². The summed E-state index contributed by atoms with van der Waals surface area (Å²) in [5.41, 5.74) is 7.10. The van der Waals surface area contributed by atoms with Crippen LogP contribution in [0.4, 0.5) is 5.69 Å². The van der Waals surface area contributed by atoms with Crippen molar-refractivity contribution in [2.75, 3.05) is 18.0 Å². The van der Waals surface area contributed by atoms with E-state index < -0.39 is 10.0 Å². The second-order valence-electron chi connectivity index (χ2n) is 4.97. The first-order chi connectivity index (χ1) is 9.35. The molecule has 6 nitrogen and oxygen atoms in total. The largest absolute Gasteiger partial charge is 0.329 e. The van der Waals surface area contributed by atoms with Crippen molar-refractivity contribution in [2.24, 2.45) is 5.73 Å². The SMILES string of the molecule is CC(=O)N1CCc2ccc(S(=O)(=O)NC(C)CN)cc21. The molecule has 110 valence electrons. The summed E-state index contributed by atoms with van der Waals surface area (Å²) in [5, 5.41) is 0. The number of benzene rings is 1. The fourth-order valence-electron chi connectivity index (χ4n) is 2.23. The van der Waals surface area contributed by atoms with Crippen LogP contribution in [0.25, 0.3) is 0 Å². The number of hydrogen-bond donors (Lipinski definition) is 2. The van der Waals surface area contributed by atoms with Crippen LogP contribution in [0.15, 0.2) is 23.1 Å². The van der Waals surface area contributed by atoms with E-state index in [1.165, 1.54) is 6.92 Å². The molecule has 1 aliphatic heterocycles. The Morgan fingerprint density at radius 3 is 2.80 bits per heavy atom. The maximum atomic E-state index is 12.2. The molecule has 3 N–H and O–H groups in total. The maximum absolute atomic E-state index is 12.2. The highest BCUT2D eigenvalue weighted by Gasteiger charge is 2.25. The van der Waals surface area contributed by atoms with Crippen molar-refractivity contribution in [3.8, 4) is 0 Å². The Labute approximate surface area is 119 Å².